The highest BCUT2D eigenvalue weighted by Crippen LogP contribution is 2.39. The van der Waals surface area contributed by atoms with Gasteiger partial charge in [0.2, 0.25) is 15.3 Å². The van der Waals surface area contributed by atoms with Gasteiger partial charge in [0.15, 0.2) is 0 Å². The van der Waals surface area contributed by atoms with E-state index in [2.05, 4.69) is 0 Å². The molecule has 1 aliphatic rings. The fourth-order valence-corrected chi connectivity index (χ4v) is 4.76. The van der Waals surface area contributed by atoms with E-state index in [-0.39, 0.29) is 5.25 Å². The topological polar surface area (TPSA) is 43.4 Å². The Bertz CT molecular complexity index is 665. The van der Waals surface area contributed by atoms with E-state index in [4.69, 9.17) is 4.74 Å². The first-order chi connectivity index (χ1) is 9.68. The van der Waals surface area contributed by atoms with Crippen LogP contribution in [-0.4, -0.2) is 24.9 Å². The van der Waals surface area contributed by atoms with Crippen molar-refractivity contribution >= 4 is 21.6 Å². The van der Waals surface area contributed by atoms with Crippen molar-refractivity contribution in [3.8, 4) is 5.75 Å². The van der Waals surface area contributed by atoms with E-state index in [1.165, 1.54) is 0 Å². The summed E-state index contributed by atoms with van der Waals surface area (Å²) in [5.74, 6) is 1.41. The first kappa shape index (κ1) is 13.5. The minimum Gasteiger partial charge on any atom is -0.473 e. The van der Waals surface area contributed by atoms with Crippen LogP contribution in [0, 0.1) is 0 Å². The molecule has 2 unspecified atom stereocenters. The lowest BCUT2D eigenvalue weighted by Crippen LogP contribution is -2.32. The zero-order chi connectivity index (χ0) is 14.0. The van der Waals surface area contributed by atoms with Crippen LogP contribution in [0.1, 0.15) is 0 Å². The number of thioether (sulfide) groups is 1. The first-order valence-electron chi connectivity index (χ1n) is 6.30. The van der Waals surface area contributed by atoms with Crippen molar-refractivity contribution in [3.63, 3.8) is 0 Å². The fraction of sp³-hybridized carbons (Fsp3) is 0.200. The zero-order valence-corrected chi connectivity index (χ0v) is 12.3. The number of ether oxygens (including phenoxy) is 1. The Morgan fingerprint density at radius 2 is 1.55 bits per heavy atom. The van der Waals surface area contributed by atoms with E-state index < -0.39 is 15.3 Å². The van der Waals surface area contributed by atoms with Gasteiger partial charge in [0.25, 0.3) is 0 Å². The van der Waals surface area contributed by atoms with Crippen LogP contribution in [0.3, 0.4) is 0 Å². The minimum atomic E-state index is -3.48. The summed E-state index contributed by atoms with van der Waals surface area (Å²) in [4.78, 5) is 0.313. The van der Waals surface area contributed by atoms with E-state index in [1.807, 2.05) is 18.2 Å². The van der Waals surface area contributed by atoms with Gasteiger partial charge in [-0.3, -0.25) is 0 Å². The molecule has 0 saturated carbocycles. The summed E-state index contributed by atoms with van der Waals surface area (Å²) in [6.45, 7) is 0. The third-order valence-corrected chi connectivity index (χ3v) is 6.14. The highest BCUT2D eigenvalue weighted by Gasteiger charge is 2.43. The van der Waals surface area contributed by atoms with Crippen LogP contribution in [0.25, 0.3) is 0 Å². The van der Waals surface area contributed by atoms with Crippen LogP contribution >= 0.6 is 11.8 Å². The molecule has 1 saturated heterocycles. The molecule has 2 atom stereocenters. The predicted octanol–water partition coefficient (Wildman–Crippen LogP) is 2.98. The molecular weight excluding hydrogens is 292 g/mol. The van der Waals surface area contributed by atoms with Gasteiger partial charge in [0, 0.05) is 5.75 Å². The quantitative estimate of drug-likeness (QED) is 0.797. The highest BCUT2D eigenvalue weighted by atomic mass is 32.2. The third kappa shape index (κ3) is 2.83. The molecule has 0 spiro atoms. The van der Waals surface area contributed by atoms with Crippen LogP contribution in [-0.2, 0) is 9.84 Å². The van der Waals surface area contributed by atoms with E-state index in [1.54, 1.807) is 54.2 Å². The SMILES string of the molecule is O=S(=O)(c1ccccc1)C(Oc1ccccc1)C1CS1. The predicted molar refractivity (Wildman–Crippen MR) is 80.7 cm³/mol. The molecule has 5 heteroatoms. The lowest BCUT2D eigenvalue weighted by Gasteiger charge is -2.18. The van der Waals surface area contributed by atoms with Gasteiger partial charge in [-0.15, -0.1) is 0 Å². The maximum atomic E-state index is 12.7. The summed E-state index contributed by atoms with van der Waals surface area (Å²) in [6.07, 6.45) is 0. The Morgan fingerprint density at radius 1 is 1.00 bits per heavy atom. The summed E-state index contributed by atoms with van der Waals surface area (Å²) in [6, 6.07) is 17.6. The lowest BCUT2D eigenvalue weighted by atomic mass is 10.3. The Hall–Kier alpha value is -1.46. The normalized spacial score (nSPS) is 19.3. The van der Waals surface area contributed by atoms with Gasteiger partial charge < -0.3 is 4.74 Å². The molecule has 0 N–H and O–H groups in total. The molecule has 0 radical (unpaired) electrons. The number of rotatable bonds is 5. The summed E-state index contributed by atoms with van der Waals surface area (Å²) >= 11 is 1.61. The van der Waals surface area contributed by atoms with Crippen LogP contribution in [0.2, 0.25) is 0 Å². The Balaban J connectivity index is 1.91. The van der Waals surface area contributed by atoms with Crippen molar-refractivity contribution in [2.24, 2.45) is 0 Å². The molecule has 0 aliphatic carbocycles. The largest absolute Gasteiger partial charge is 0.473 e. The van der Waals surface area contributed by atoms with Crippen LogP contribution < -0.4 is 4.74 Å². The van der Waals surface area contributed by atoms with E-state index in [0.717, 1.165) is 5.75 Å². The van der Waals surface area contributed by atoms with Gasteiger partial charge in [0.1, 0.15) is 5.75 Å². The number of para-hydroxylation sites is 1. The molecule has 3 nitrogen and oxygen atoms in total. The molecule has 1 heterocycles. The molecule has 0 amide bonds. The van der Waals surface area contributed by atoms with E-state index in [0.29, 0.717) is 10.6 Å². The van der Waals surface area contributed by atoms with Crippen molar-refractivity contribution in [3.05, 3.63) is 60.7 Å². The summed E-state index contributed by atoms with van der Waals surface area (Å²) < 4.78 is 31.1. The maximum Gasteiger partial charge on any atom is 0.217 e. The molecule has 0 bridgehead atoms. The smallest absolute Gasteiger partial charge is 0.217 e. The molecule has 104 valence electrons. The molecule has 1 fully saturated rings. The van der Waals surface area contributed by atoms with Crippen molar-refractivity contribution in [1.82, 2.24) is 0 Å². The Morgan fingerprint density at radius 3 is 2.10 bits per heavy atom. The first-order valence-corrected chi connectivity index (χ1v) is 8.90. The Labute approximate surface area is 122 Å². The summed E-state index contributed by atoms with van der Waals surface area (Å²) in [5.41, 5.74) is -0.822. The molecule has 2 aromatic carbocycles. The minimum absolute atomic E-state index is 0.0143. The van der Waals surface area contributed by atoms with Crippen LogP contribution in [0.4, 0.5) is 0 Å². The van der Waals surface area contributed by atoms with Crippen molar-refractivity contribution in [2.45, 2.75) is 15.6 Å². The second-order valence-corrected chi connectivity index (χ2v) is 7.83. The fourth-order valence-electron chi connectivity index (χ4n) is 1.93. The van der Waals surface area contributed by atoms with Gasteiger partial charge in [-0.2, -0.15) is 11.8 Å². The number of hydrogen-bond acceptors (Lipinski definition) is 4. The van der Waals surface area contributed by atoms with Crippen molar-refractivity contribution in [1.29, 1.82) is 0 Å². The molecule has 2 aromatic rings. The molecule has 20 heavy (non-hydrogen) atoms. The van der Waals surface area contributed by atoms with Gasteiger partial charge in [-0.1, -0.05) is 36.4 Å². The third-order valence-electron chi connectivity index (χ3n) is 3.04. The van der Waals surface area contributed by atoms with Gasteiger partial charge in [-0.25, -0.2) is 8.42 Å². The second-order valence-electron chi connectivity index (χ2n) is 4.53. The zero-order valence-electron chi connectivity index (χ0n) is 10.7. The molecule has 1 aliphatic heterocycles. The van der Waals surface area contributed by atoms with Crippen LogP contribution in [0.15, 0.2) is 65.6 Å². The van der Waals surface area contributed by atoms with E-state index in [9.17, 15) is 8.42 Å². The second kappa shape index (κ2) is 5.50. The maximum absolute atomic E-state index is 12.7. The lowest BCUT2D eigenvalue weighted by molar-refractivity contribution is 0.281. The van der Waals surface area contributed by atoms with Gasteiger partial charge >= 0.3 is 0 Å². The molecule has 0 aromatic heterocycles. The standard InChI is InChI=1S/C15H14O3S2/c16-20(17,13-9-5-2-6-10-13)15(14-11-19-14)18-12-7-3-1-4-8-12/h1-10,14-15H,11H2. The summed E-state index contributed by atoms with van der Waals surface area (Å²) in [7, 11) is -3.48. The number of hydrogen-bond donors (Lipinski definition) is 0. The summed E-state index contributed by atoms with van der Waals surface area (Å²) in [5, 5.41) is 0.0143. The van der Waals surface area contributed by atoms with Crippen molar-refractivity contribution < 1.29 is 13.2 Å². The molecular formula is C15H14O3S2. The number of sulfone groups is 1. The monoisotopic (exact) mass is 306 g/mol. The Kier molecular flexibility index (Phi) is 3.72. The van der Waals surface area contributed by atoms with Crippen LogP contribution in [0.5, 0.6) is 5.75 Å². The molecule has 3 rings (SSSR count). The van der Waals surface area contributed by atoms with Gasteiger partial charge in [0.05, 0.1) is 10.1 Å². The average molecular weight is 306 g/mol. The highest BCUT2D eigenvalue weighted by molar-refractivity contribution is 8.08. The van der Waals surface area contributed by atoms with E-state index >= 15 is 0 Å². The van der Waals surface area contributed by atoms with Crippen molar-refractivity contribution in [2.75, 3.05) is 5.75 Å². The number of benzene rings is 2. The van der Waals surface area contributed by atoms with Gasteiger partial charge in [-0.05, 0) is 24.3 Å². The average Bonchev–Trinajstić information content (AvgIpc) is 3.31.